The van der Waals surface area contributed by atoms with Gasteiger partial charge < -0.3 is 19.8 Å². The van der Waals surface area contributed by atoms with Gasteiger partial charge in [-0.15, -0.1) is 0 Å². The predicted molar refractivity (Wildman–Crippen MR) is 115 cm³/mol. The molecule has 0 rings (SSSR count). The Bertz CT molecular complexity index is 614. The van der Waals surface area contributed by atoms with Crippen molar-refractivity contribution in [2.45, 2.75) is 52.4 Å². The first-order chi connectivity index (χ1) is 15.0. The molecular formula is C16H37O13P3. The van der Waals surface area contributed by atoms with E-state index in [1.807, 2.05) is 0 Å². The Morgan fingerprint density at radius 1 is 0.625 bits per heavy atom. The molecule has 194 valence electrons. The van der Waals surface area contributed by atoms with Crippen LogP contribution in [0.15, 0.2) is 0 Å². The molecule has 4 unspecified atom stereocenters. The summed E-state index contributed by atoms with van der Waals surface area (Å²) in [4.78, 5) is 28.5. The Balaban J connectivity index is 3.97. The lowest BCUT2D eigenvalue weighted by Gasteiger charge is -2.17. The van der Waals surface area contributed by atoms with Gasteiger partial charge in [0.05, 0.1) is 39.6 Å². The second-order valence-corrected chi connectivity index (χ2v) is 11.1. The van der Waals surface area contributed by atoms with Gasteiger partial charge in [-0.2, -0.15) is 0 Å². The van der Waals surface area contributed by atoms with Gasteiger partial charge in [0.1, 0.15) is 0 Å². The highest BCUT2D eigenvalue weighted by molar-refractivity contribution is 7.48. The molecule has 4 N–H and O–H groups in total. The Labute approximate surface area is 189 Å². The molecule has 0 radical (unpaired) electrons. The van der Waals surface area contributed by atoms with Gasteiger partial charge in [0, 0.05) is 12.5 Å². The van der Waals surface area contributed by atoms with Crippen LogP contribution in [0.1, 0.15) is 52.4 Å². The largest absolute Gasteiger partial charge is 0.472 e. The van der Waals surface area contributed by atoms with Crippen molar-refractivity contribution in [2.75, 3.05) is 46.2 Å². The molecule has 0 aromatic heterocycles. The van der Waals surface area contributed by atoms with Gasteiger partial charge in [-0.05, 0) is 12.8 Å². The lowest BCUT2D eigenvalue weighted by molar-refractivity contribution is 0.0791. The standard InChI is InChI=1S/C16H37O13P3/c1-3-5-6-7-8-9-24-30(18,19)25-10-11-26-31(20,21)27-12-13-28-32(22,23)29-15-16(4-2)14-17/h16-17H,3-15H2,1-2H3,(H,18,19)(H,20,21)(H,22,23). The number of aliphatic hydroxyl groups excluding tert-OH is 1. The second kappa shape index (κ2) is 17.7. The van der Waals surface area contributed by atoms with Crippen molar-refractivity contribution in [3.8, 4) is 0 Å². The van der Waals surface area contributed by atoms with Crippen molar-refractivity contribution in [1.82, 2.24) is 0 Å². The van der Waals surface area contributed by atoms with Gasteiger partial charge in [0.15, 0.2) is 0 Å². The van der Waals surface area contributed by atoms with Crippen LogP contribution in [0.5, 0.6) is 0 Å². The van der Waals surface area contributed by atoms with Crippen molar-refractivity contribution in [3.05, 3.63) is 0 Å². The van der Waals surface area contributed by atoms with E-state index >= 15 is 0 Å². The Morgan fingerprint density at radius 3 is 1.44 bits per heavy atom. The molecule has 16 heteroatoms. The third kappa shape index (κ3) is 18.7. The number of hydrogen-bond acceptors (Lipinski definition) is 10. The molecule has 0 saturated carbocycles. The average Bonchev–Trinajstić information content (AvgIpc) is 2.72. The summed E-state index contributed by atoms with van der Waals surface area (Å²) >= 11 is 0. The first-order valence-corrected chi connectivity index (χ1v) is 14.9. The summed E-state index contributed by atoms with van der Waals surface area (Å²) < 4.78 is 62.8. The highest BCUT2D eigenvalue weighted by Gasteiger charge is 2.26. The van der Waals surface area contributed by atoms with E-state index in [1.165, 1.54) is 0 Å². The highest BCUT2D eigenvalue weighted by atomic mass is 31.2. The van der Waals surface area contributed by atoms with E-state index in [0.29, 0.717) is 12.8 Å². The Morgan fingerprint density at radius 2 is 1.03 bits per heavy atom. The van der Waals surface area contributed by atoms with Gasteiger partial charge >= 0.3 is 23.5 Å². The van der Waals surface area contributed by atoms with Crippen LogP contribution < -0.4 is 0 Å². The van der Waals surface area contributed by atoms with Crippen molar-refractivity contribution in [2.24, 2.45) is 5.92 Å². The summed E-state index contributed by atoms with van der Waals surface area (Å²) in [6.45, 7) is 1.32. The molecule has 0 saturated heterocycles. The van der Waals surface area contributed by atoms with Gasteiger partial charge in [0.25, 0.3) is 0 Å². The summed E-state index contributed by atoms with van der Waals surface area (Å²) in [6.07, 6.45) is 5.18. The van der Waals surface area contributed by atoms with Crippen LogP contribution in [0, 0.1) is 5.92 Å². The molecular weight excluding hydrogens is 493 g/mol. The lowest BCUT2D eigenvalue weighted by atomic mass is 10.1. The van der Waals surface area contributed by atoms with Crippen LogP contribution in [0.25, 0.3) is 0 Å². The smallest absolute Gasteiger partial charge is 0.396 e. The fourth-order valence-electron chi connectivity index (χ4n) is 2.11. The second-order valence-electron chi connectivity index (χ2n) is 6.74. The van der Waals surface area contributed by atoms with Crippen molar-refractivity contribution < 1.29 is 60.6 Å². The molecule has 0 aliphatic heterocycles. The molecule has 0 bridgehead atoms. The Kier molecular flexibility index (Phi) is 17.8. The minimum absolute atomic E-state index is 0.0531. The van der Waals surface area contributed by atoms with E-state index in [4.69, 9.17) is 14.2 Å². The maximum absolute atomic E-state index is 11.7. The maximum Gasteiger partial charge on any atom is 0.472 e. The van der Waals surface area contributed by atoms with E-state index in [-0.39, 0.29) is 25.7 Å². The van der Waals surface area contributed by atoms with Gasteiger partial charge in [0.2, 0.25) is 0 Å². The zero-order chi connectivity index (χ0) is 24.5. The van der Waals surface area contributed by atoms with Crippen LogP contribution in [0.4, 0.5) is 0 Å². The molecule has 0 aromatic carbocycles. The molecule has 0 spiro atoms. The number of unbranched alkanes of at least 4 members (excludes halogenated alkanes) is 4. The number of rotatable bonds is 22. The minimum Gasteiger partial charge on any atom is -0.396 e. The van der Waals surface area contributed by atoms with Crippen LogP contribution >= 0.6 is 23.5 Å². The highest BCUT2D eigenvalue weighted by Crippen LogP contribution is 2.47. The monoisotopic (exact) mass is 530 g/mol. The number of phosphoric ester groups is 3. The minimum atomic E-state index is -4.55. The van der Waals surface area contributed by atoms with Crippen LogP contribution in [-0.2, 0) is 40.8 Å². The van der Waals surface area contributed by atoms with E-state index < -0.39 is 49.9 Å². The van der Waals surface area contributed by atoms with Crippen molar-refractivity contribution in [1.29, 1.82) is 0 Å². The molecule has 32 heavy (non-hydrogen) atoms. The summed E-state index contributed by atoms with van der Waals surface area (Å²) in [6, 6.07) is 0. The third-order valence-electron chi connectivity index (χ3n) is 4.00. The summed E-state index contributed by atoms with van der Waals surface area (Å²) in [5.41, 5.74) is 0. The van der Waals surface area contributed by atoms with E-state index in [9.17, 15) is 28.4 Å². The molecule has 0 heterocycles. The number of aliphatic hydroxyl groups is 1. The molecule has 0 fully saturated rings. The Hall–Kier alpha value is 0.290. The summed E-state index contributed by atoms with van der Waals surface area (Å²) in [7, 11) is -13.3. The average molecular weight is 530 g/mol. The SMILES string of the molecule is CCCCCCCOP(=O)(O)OCCOP(=O)(O)OCCOP(=O)(O)OCC(CC)CO. The predicted octanol–water partition coefficient (Wildman–Crippen LogP) is 3.38. The topological polar surface area (TPSA) is 188 Å². The zero-order valence-corrected chi connectivity index (χ0v) is 21.3. The van der Waals surface area contributed by atoms with Crippen LogP contribution in [0.3, 0.4) is 0 Å². The van der Waals surface area contributed by atoms with E-state index in [0.717, 1.165) is 25.7 Å². The molecule has 0 aliphatic rings. The number of phosphoric acid groups is 3. The fraction of sp³-hybridized carbons (Fsp3) is 1.00. The third-order valence-corrected chi connectivity index (χ3v) is 7.02. The first-order valence-electron chi connectivity index (χ1n) is 10.4. The number of hydrogen-bond donors (Lipinski definition) is 4. The molecule has 0 amide bonds. The van der Waals surface area contributed by atoms with Gasteiger partial charge in [-0.1, -0.05) is 39.5 Å². The maximum atomic E-state index is 11.7. The molecule has 0 aromatic rings. The van der Waals surface area contributed by atoms with Crippen molar-refractivity contribution in [3.63, 3.8) is 0 Å². The van der Waals surface area contributed by atoms with Gasteiger partial charge in [-0.3, -0.25) is 27.1 Å². The zero-order valence-electron chi connectivity index (χ0n) is 18.6. The van der Waals surface area contributed by atoms with Gasteiger partial charge in [-0.25, -0.2) is 13.7 Å². The van der Waals surface area contributed by atoms with Crippen molar-refractivity contribution >= 4 is 23.5 Å². The van der Waals surface area contributed by atoms with E-state index in [2.05, 4.69) is 25.0 Å². The lowest BCUT2D eigenvalue weighted by Crippen LogP contribution is -2.13. The quantitative estimate of drug-likeness (QED) is 0.118. The van der Waals surface area contributed by atoms with Crippen LogP contribution in [-0.4, -0.2) is 66.0 Å². The van der Waals surface area contributed by atoms with E-state index in [1.54, 1.807) is 6.92 Å². The summed E-state index contributed by atoms with van der Waals surface area (Å²) in [5, 5.41) is 9.00. The summed E-state index contributed by atoms with van der Waals surface area (Å²) in [5.74, 6) is -0.325. The first kappa shape index (κ1) is 32.3. The van der Waals surface area contributed by atoms with Crippen LogP contribution in [0.2, 0.25) is 0 Å². The molecule has 0 aliphatic carbocycles. The molecule has 13 nitrogen and oxygen atoms in total. The fourth-order valence-corrected chi connectivity index (χ4v) is 4.31. The normalized spacial score (nSPS) is 18.6. The molecule has 4 atom stereocenters.